The molecule has 1 aliphatic carbocycles. The smallest absolute Gasteiger partial charge is 0.176 e. The standard InChI is InChI=1S/C12H23N5/c1-3-7-13-11(8-10-5-4-6-10)9-12-14-16-17(2)15-12/h10-11,13H,3-9H2,1-2H3. The number of aromatic nitrogens is 4. The first-order chi connectivity index (χ1) is 8.28. The first-order valence-electron chi connectivity index (χ1n) is 6.74. The minimum absolute atomic E-state index is 0.518. The maximum Gasteiger partial charge on any atom is 0.176 e. The topological polar surface area (TPSA) is 55.6 Å². The van der Waals surface area contributed by atoms with Crippen LogP contribution in [0.25, 0.3) is 0 Å². The molecule has 0 saturated heterocycles. The summed E-state index contributed by atoms with van der Waals surface area (Å²) in [5.74, 6) is 1.78. The molecule has 5 heteroatoms. The Morgan fingerprint density at radius 1 is 1.47 bits per heavy atom. The second kappa shape index (κ2) is 6.10. The second-order valence-electron chi connectivity index (χ2n) is 5.08. The summed E-state index contributed by atoms with van der Waals surface area (Å²) in [6.45, 7) is 3.28. The fourth-order valence-corrected chi connectivity index (χ4v) is 2.34. The molecule has 0 amide bonds. The van der Waals surface area contributed by atoms with Crippen LogP contribution in [0.4, 0.5) is 0 Å². The first-order valence-corrected chi connectivity index (χ1v) is 6.74. The van der Waals surface area contributed by atoms with E-state index in [1.54, 1.807) is 0 Å². The van der Waals surface area contributed by atoms with Crippen LogP contribution in [0.15, 0.2) is 0 Å². The molecule has 17 heavy (non-hydrogen) atoms. The molecule has 0 radical (unpaired) electrons. The fourth-order valence-electron chi connectivity index (χ4n) is 2.34. The van der Waals surface area contributed by atoms with E-state index in [9.17, 15) is 0 Å². The first kappa shape index (κ1) is 12.5. The third kappa shape index (κ3) is 3.77. The number of aryl methyl sites for hydroxylation is 1. The SMILES string of the molecule is CCCNC(Cc1nnn(C)n1)CC1CCC1. The molecular weight excluding hydrogens is 214 g/mol. The summed E-state index contributed by atoms with van der Waals surface area (Å²) < 4.78 is 0. The van der Waals surface area contributed by atoms with Crippen LogP contribution in [0.1, 0.15) is 44.9 Å². The molecule has 1 aromatic rings. The Morgan fingerprint density at radius 3 is 2.82 bits per heavy atom. The molecule has 1 unspecified atom stereocenters. The minimum atomic E-state index is 0.518. The summed E-state index contributed by atoms with van der Waals surface area (Å²) in [5, 5.41) is 15.8. The van der Waals surface area contributed by atoms with Crippen molar-refractivity contribution in [1.29, 1.82) is 0 Å². The van der Waals surface area contributed by atoms with Gasteiger partial charge in [0.05, 0.1) is 7.05 Å². The lowest BCUT2D eigenvalue weighted by atomic mass is 9.80. The molecular formula is C12H23N5. The summed E-state index contributed by atoms with van der Waals surface area (Å²) in [6, 6.07) is 0.518. The largest absolute Gasteiger partial charge is 0.314 e. The summed E-state index contributed by atoms with van der Waals surface area (Å²) in [6.07, 6.45) is 7.56. The summed E-state index contributed by atoms with van der Waals surface area (Å²) in [5.41, 5.74) is 0. The molecule has 0 bridgehead atoms. The van der Waals surface area contributed by atoms with E-state index >= 15 is 0 Å². The van der Waals surface area contributed by atoms with Crippen LogP contribution in [0, 0.1) is 5.92 Å². The average Bonchev–Trinajstić information content (AvgIpc) is 2.65. The van der Waals surface area contributed by atoms with Gasteiger partial charge in [0.2, 0.25) is 0 Å². The minimum Gasteiger partial charge on any atom is -0.314 e. The van der Waals surface area contributed by atoms with Crippen molar-refractivity contribution < 1.29 is 0 Å². The quantitative estimate of drug-likeness (QED) is 0.777. The van der Waals surface area contributed by atoms with Crippen LogP contribution < -0.4 is 5.32 Å². The maximum absolute atomic E-state index is 4.26. The molecule has 0 aliphatic heterocycles. The van der Waals surface area contributed by atoms with Crippen LogP contribution >= 0.6 is 0 Å². The Morgan fingerprint density at radius 2 is 2.29 bits per heavy atom. The van der Waals surface area contributed by atoms with E-state index in [1.165, 1.54) is 36.9 Å². The van der Waals surface area contributed by atoms with Crippen molar-refractivity contribution in [3.63, 3.8) is 0 Å². The van der Waals surface area contributed by atoms with Gasteiger partial charge in [0, 0.05) is 12.5 Å². The Balaban J connectivity index is 1.84. The normalized spacial score (nSPS) is 18.0. The molecule has 1 aliphatic rings. The van der Waals surface area contributed by atoms with Gasteiger partial charge in [-0.1, -0.05) is 26.2 Å². The Kier molecular flexibility index (Phi) is 4.48. The van der Waals surface area contributed by atoms with Crippen molar-refractivity contribution in [1.82, 2.24) is 25.5 Å². The molecule has 0 aromatic carbocycles. The van der Waals surface area contributed by atoms with Gasteiger partial charge >= 0.3 is 0 Å². The van der Waals surface area contributed by atoms with Crippen LogP contribution in [0.2, 0.25) is 0 Å². The predicted octanol–water partition coefficient (Wildman–Crippen LogP) is 1.31. The van der Waals surface area contributed by atoms with Crippen LogP contribution in [0.5, 0.6) is 0 Å². The van der Waals surface area contributed by atoms with Gasteiger partial charge in [-0.05, 0) is 30.5 Å². The highest BCUT2D eigenvalue weighted by molar-refractivity contribution is 4.87. The van der Waals surface area contributed by atoms with E-state index in [-0.39, 0.29) is 0 Å². The van der Waals surface area contributed by atoms with Crippen molar-refractivity contribution in [2.75, 3.05) is 6.54 Å². The molecule has 1 N–H and O–H groups in total. The second-order valence-corrected chi connectivity index (χ2v) is 5.08. The lowest BCUT2D eigenvalue weighted by molar-refractivity contribution is 0.257. The third-order valence-electron chi connectivity index (χ3n) is 3.50. The Bertz CT molecular complexity index is 331. The number of tetrazole rings is 1. The zero-order chi connectivity index (χ0) is 12.1. The summed E-state index contributed by atoms with van der Waals surface area (Å²) in [4.78, 5) is 1.54. The zero-order valence-electron chi connectivity index (χ0n) is 10.9. The Hall–Kier alpha value is -0.970. The van der Waals surface area contributed by atoms with E-state index in [1.807, 2.05) is 7.05 Å². The van der Waals surface area contributed by atoms with Crippen LogP contribution in [0.3, 0.4) is 0 Å². The molecule has 1 heterocycles. The number of rotatable bonds is 7. The van der Waals surface area contributed by atoms with E-state index in [4.69, 9.17) is 0 Å². The highest BCUT2D eigenvalue weighted by Crippen LogP contribution is 2.30. The van der Waals surface area contributed by atoms with Gasteiger partial charge < -0.3 is 5.32 Å². The number of hydrogen-bond donors (Lipinski definition) is 1. The van der Waals surface area contributed by atoms with Crippen molar-refractivity contribution >= 4 is 0 Å². The van der Waals surface area contributed by atoms with Gasteiger partial charge in [-0.25, -0.2) is 0 Å². The van der Waals surface area contributed by atoms with Crippen molar-refractivity contribution in [2.24, 2.45) is 13.0 Å². The lowest BCUT2D eigenvalue weighted by Gasteiger charge is -2.29. The number of hydrogen-bond acceptors (Lipinski definition) is 4. The highest BCUT2D eigenvalue weighted by atomic mass is 15.6. The molecule has 1 aromatic heterocycles. The molecule has 5 nitrogen and oxygen atoms in total. The van der Waals surface area contributed by atoms with Crippen molar-refractivity contribution in [3.05, 3.63) is 5.82 Å². The average molecular weight is 237 g/mol. The molecule has 1 fully saturated rings. The monoisotopic (exact) mass is 237 g/mol. The molecule has 1 atom stereocenters. The van der Waals surface area contributed by atoms with Gasteiger partial charge in [-0.3, -0.25) is 0 Å². The zero-order valence-corrected chi connectivity index (χ0v) is 10.9. The van der Waals surface area contributed by atoms with E-state index in [0.29, 0.717) is 6.04 Å². The van der Waals surface area contributed by atoms with Crippen molar-refractivity contribution in [3.8, 4) is 0 Å². The van der Waals surface area contributed by atoms with Gasteiger partial charge in [-0.2, -0.15) is 4.80 Å². The Labute approximate surface area is 103 Å². The highest BCUT2D eigenvalue weighted by Gasteiger charge is 2.22. The van der Waals surface area contributed by atoms with E-state index < -0.39 is 0 Å². The van der Waals surface area contributed by atoms with Crippen LogP contribution in [-0.2, 0) is 13.5 Å². The van der Waals surface area contributed by atoms with E-state index in [2.05, 4.69) is 27.7 Å². The van der Waals surface area contributed by atoms with Gasteiger partial charge in [0.1, 0.15) is 0 Å². The molecule has 1 saturated carbocycles. The lowest BCUT2D eigenvalue weighted by Crippen LogP contribution is -2.35. The molecule has 96 valence electrons. The molecule has 2 rings (SSSR count). The van der Waals surface area contributed by atoms with Gasteiger partial charge in [0.25, 0.3) is 0 Å². The number of nitrogens with zero attached hydrogens (tertiary/aromatic N) is 4. The van der Waals surface area contributed by atoms with Crippen molar-refractivity contribution in [2.45, 2.75) is 51.5 Å². The summed E-state index contributed by atoms with van der Waals surface area (Å²) >= 11 is 0. The fraction of sp³-hybridized carbons (Fsp3) is 0.917. The van der Waals surface area contributed by atoms with Gasteiger partial charge in [0.15, 0.2) is 5.82 Å². The van der Waals surface area contributed by atoms with E-state index in [0.717, 1.165) is 24.7 Å². The predicted molar refractivity (Wildman–Crippen MR) is 66.5 cm³/mol. The van der Waals surface area contributed by atoms with Gasteiger partial charge in [-0.15, -0.1) is 10.2 Å². The molecule has 0 spiro atoms. The third-order valence-corrected chi connectivity index (χ3v) is 3.50. The summed E-state index contributed by atoms with van der Waals surface area (Å²) in [7, 11) is 1.82. The maximum atomic E-state index is 4.26. The number of nitrogens with one attached hydrogen (secondary N) is 1. The van der Waals surface area contributed by atoms with Crippen LogP contribution in [-0.4, -0.2) is 32.8 Å².